The lowest BCUT2D eigenvalue weighted by atomic mass is 9.93. The van der Waals surface area contributed by atoms with Crippen LogP contribution in [0.15, 0.2) is 6.20 Å². The SMILES string of the molecule is CC(C)(C)c1cnc(C2CCCCCN2)[nH]1. The van der Waals surface area contributed by atoms with Crippen molar-refractivity contribution < 1.29 is 0 Å². The lowest BCUT2D eigenvalue weighted by molar-refractivity contribution is 0.505. The highest BCUT2D eigenvalue weighted by Crippen LogP contribution is 2.24. The molecule has 1 atom stereocenters. The molecule has 0 bridgehead atoms. The van der Waals surface area contributed by atoms with E-state index < -0.39 is 0 Å². The van der Waals surface area contributed by atoms with Gasteiger partial charge in [-0.3, -0.25) is 0 Å². The molecular formula is C13H23N3. The molecule has 1 saturated heterocycles. The molecule has 0 aliphatic carbocycles. The van der Waals surface area contributed by atoms with Gasteiger partial charge in [0.1, 0.15) is 5.82 Å². The molecule has 1 fully saturated rings. The minimum absolute atomic E-state index is 0.163. The maximum Gasteiger partial charge on any atom is 0.123 e. The molecule has 1 aliphatic heterocycles. The van der Waals surface area contributed by atoms with Crippen molar-refractivity contribution in [3.8, 4) is 0 Å². The molecule has 3 heteroatoms. The molecule has 3 nitrogen and oxygen atoms in total. The van der Waals surface area contributed by atoms with Gasteiger partial charge in [-0.05, 0) is 19.4 Å². The van der Waals surface area contributed by atoms with Crippen LogP contribution in [-0.4, -0.2) is 16.5 Å². The molecule has 16 heavy (non-hydrogen) atoms. The second-order valence-corrected chi connectivity index (χ2v) is 5.79. The Morgan fingerprint density at radius 2 is 2.06 bits per heavy atom. The number of aromatic nitrogens is 2. The van der Waals surface area contributed by atoms with Gasteiger partial charge in [-0.25, -0.2) is 4.98 Å². The fourth-order valence-electron chi connectivity index (χ4n) is 2.16. The van der Waals surface area contributed by atoms with Crippen LogP contribution in [0, 0.1) is 0 Å². The molecule has 1 aliphatic rings. The molecule has 1 unspecified atom stereocenters. The summed E-state index contributed by atoms with van der Waals surface area (Å²) in [5, 5.41) is 3.57. The number of hydrogen-bond acceptors (Lipinski definition) is 2. The first-order chi connectivity index (χ1) is 7.57. The van der Waals surface area contributed by atoms with E-state index in [-0.39, 0.29) is 5.41 Å². The van der Waals surface area contributed by atoms with Crippen molar-refractivity contribution >= 4 is 0 Å². The van der Waals surface area contributed by atoms with Gasteiger partial charge < -0.3 is 10.3 Å². The summed E-state index contributed by atoms with van der Waals surface area (Å²) in [6, 6.07) is 0.429. The zero-order valence-electron chi connectivity index (χ0n) is 10.6. The van der Waals surface area contributed by atoms with Crippen LogP contribution in [-0.2, 0) is 5.41 Å². The normalized spacial score (nSPS) is 23.1. The van der Waals surface area contributed by atoms with Gasteiger partial charge in [0.25, 0.3) is 0 Å². The van der Waals surface area contributed by atoms with E-state index in [2.05, 4.69) is 36.1 Å². The van der Waals surface area contributed by atoms with E-state index in [9.17, 15) is 0 Å². The highest BCUT2D eigenvalue weighted by Gasteiger charge is 2.20. The molecule has 0 amide bonds. The molecular weight excluding hydrogens is 198 g/mol. The zero-order chi connectivity index (χ0) is 11.6. The lowest BCUT2D eigenvalue weighted by Crippen LogP contribution is -2.21. The summed E-state index contributed by atoms with van der Waals surface area (Å²) in [6.07, 6.45) is 7.14. The smallest absolute Gasteiger partial charge is 0.123 e. The summed E-state index contributed by atoms with van der Waals surface area (Å²) in [7, 11) is 0. The van der Waals surface area contributed by atoms with E-state index in [4.69, 9.17) is 0 Å². The fourth-order valence-corrected chi connectivity index (χ4v) is 2.16. The number of rotatable bonds is 1. The van der Waals surface area contributed by atoms with Crippen molar-refractivity contribution in [3.05, 3.63) is 17.7 Å². The van der Waals surface area contributed by atoms with Crippen LogP contribution in [0.5, 0.6) is 0 Å². The lowest BCUT2D eigenvalue weighted by Gasteiger charge is -2.16. The summed E-state index contributed by atoms with van der Waals surface area (Å²) >= 11 is 0. The summed E-state index contributed by atoms with van der Waals surface area (Å²) in [5.41, 5.74) is 1.39. The Bertz CT molecular complexity index is 327. The largest absolute Gasteiger partial charge is 0.344 e. The van der Waals surface area contributed by atoms with Crippen molar-refractivity contribution in [2.45, 2.75) is 57.9 Å². The topological polar surface area (TPSA) is 40.7 Å². The Morgan fingerprint density at radius 1 is 1.25 bits per heavy atom. The molecule has 2 N–H and O–H groups in total. The standard InChI is InChI=1S/C13H23N3/c1-13(2,3)11-9-15-12(16-11)10-7-5-4-6-8-14-10/h9-10,14H,4-8H2,1-3H3,(H,15,16). The Hall–Kier alpha value is -0.830. The van der Waals surface area contributed by atoms with E-state index >= 15 is 0 Å². The maximum absolute atomic E-state index is 4.53. The summed E-state index contributed by atoms with van der Waals surface area (Å²) in [6.45, 7) is 7.76. The van der Waals surface area contributed by atoms with Gasteiger partial charge in [0.15, 0.2) is 0 Å². The predicted octanol–water partition coefficient (Wildman–Crippen LogP) is 2.91. The van der Waals surface area contributed by atoms with Crippen molar-refractivity contribution in [1.82, 2.24) is 15.3 Å². The van der Waals surface area contributed by atoms with Gasteiger partial charge in [-0.15, -0.1) is 0 Å². The first-order valence-corrected chi connectivity index (χ1v) is 6.36. The average molecular weight is 221 g/mol. The van der Waals surface area contributed by atoms with E-state index in [1.807, 2.05) is 6.20 Å². The van der Waals surface area contributed by atoms with Gasteiger partial charge in [0.05, 0.1) is 6.04 Å². The third-order valence-electron chi connectivity index (χ3n) is 3.29. The highest BCUT2D eigenvalue weighted by molar-refractivity contribution is 5.13. The van der Waals surface area contributed by atoms with Gasteiger partial charge in [-0.2, -0.15) is 0 Å². The molecule has 0 radical (unpaired) electrons. The Balaban J connectivity index is 2.11. The molecule has 0 spiro atoms. The summed E-state index contributed by atoms with van der Waals surface area (Å²) < 4.78 is 0. The van der Waals surface area contributed by atoms with Crippen LogP contribution in [0.3, 0.4) is 0 Å². The van der Waals surface area contributed by atoms with Crippen LogP contribution < -0.4 is 5.32 Å². The van der Waals surface area contributed by atoms with Gasteiger partial charge in [0.2, 0.25) is 0 Å². The average Bonchev–Trinajstić information content (AvgIpc) is 2.55. The van der Waals surface area contributed by atoms with E-state index in [0.717, 1.165) is 12.4 Å². The number of hydrogen-bond donors (Lipinski definition) is 2. The number of nitrogens with one attached hydrogen (secondary N) is 2. The van der Waals surface area contributed by atoms with Crippen molar-refractivity contribution in [2.24, 2.45) is 0 Å². The number of nitrogens with zero attached hydrogens (tertiary/aromatic N) is 1. The maximum atomic E-state index is 4.53. The molecule has 1 aromatic heterocycles. The monoisotopic (exact) mass is 221 g/mol. The molecule has 2 rings (SSSR count). The molecule has 1 aromatic rings. The van der Waals surface area contributed by atoms with Crippen LogP contribution in [0.2, 0.25) is 0 Å². The first kappa shape index (κ1) is 11.6. The summed E-state index contributed by atoms with van der Waals surface area (Å²) in [5.74, 6) is 1.12. The fraction of sp³-hybridized carbons (Fsp3) is 0.769. The highest BCUT2D eigenvalue weighted by atomic mass is 15.0. The summed E-state index contributed by atoms with van der Waals surface area (Å²) in [4.78, 5) is 8.01. The van der Waals surface area contributed by atoms with E-state index in [0.29, 0.717) is 6.04 Å². The minimum Gasteiger partial charge on any atom is -0.344 e. The molecule has 90 valence electrons. The number of H-pyrrole nitrogens is 1. The zero-order valence-corrected chi connectivity index (χ0v) is 10.6. The third-order valence-corrected chi connectivity index (χ3v) is 3.29. The minimum atomic E-state index is 0.163. The Kier molecular flexibility index (Phi) is 3.33. The van der Waals surface area contributed by atoms with Crippen molar-refractivity contribution in [2.75, 3.05) is 6.54 Å². The van der Waals surface area contributed by atoms with Crippen LogP contribution in [0.1, 0.15) is 64.0 Å². The quantitative estimate of drug-likeness (QED) is 0.765. The van der Waals surface area contributed by atoms with Crippen LogP contribution in [0.25, 0.3) is 0 Å². The van der Waals surface area contributed by atoms with Crippen LogP contribution >= 0.6 is 0 Å². The van der Waals surface area contributed by atoms with Crippen molar-refractivity contribution in [1.29, 1.82) is 0 Å². The molecule has 0 saturated carbocycles. The second kappa shape index (κ2) is 4.58. The van der Waals surface area contributed by atoms with E-state index in [1.54, 1.807) is 0 Å². The third kappa shape index (κ3) is 2.64. The Labute approximate surface area is 98.1 Å². The molecule has 2 heterocycles. The first-order valence-electron chi connectivity index (χ1n) is 6.36. The van der Waals surface area contributed by atoms with Gasteiger partial charge in [0, 0.05) is 17.3 Å². The van der Waals surface area contributed by atoms with Crippen molar-refractivity contribution in [3.63, 3.8) is 0 Å². The Morgan fingerprint density at radius 3 is 2.75 bits per heavy atom. The van der Waals surface area contributed by atoms with Crippen LogP contribution in [0.4, 0.5) is 0 Å². The van der Waals surface area contributed by atoms with Gasteiger partial charge >= 0.3 is 0 Å². The second-order valence-electron chi connectivity index (χ2n) is 5.79. The predicted molar refractivity (Wildman–Crippen MR) is 66.5 cm³/mol. The van der Waals surface area contributed by atoms with Gasteiger partial charge in [-0.1, -0.05) is 33.6 Å². The van der Waals surface area contributed by atoms with E-state index in [1.165, 1.54) is 31.4 Å². The number of aromatic amines is 1. The molecule has 0 aromatic carbocycles. The number of imidazole rings is 1.